The third kappa shape index (κ3) is 5.86. The molecule has 0 bridgehead atoms. The number of hydrogen-bond acceptors (Lipinski definition) is 6. The van der Waals surface area contributed by atoms with E-state index in [-0.39, 0.29) is 43.2 Å². The van der Waals surface area contributed by atoms with Crippen LogP contribution in [0.1, 0.15) is 51.2 Å². The lowest BCUT2D eigenvalue weighted by Gasteiger charge is -2.53. The van der Waals surface area contributed by atoms with Crippen molar-refractivity contribution in [2.45, 2.75) is 77.4 Å². The summed E-state index contributed by atoms with van der Waals surface area (Å²) >= 11 is 0. The first-order valence-corrected chi connectivity index (χ1v) is 14.3. The van der Waals surface area contributed by atoms with E-state index in [2.05, 4.69) is 0 Å². The van der Waals surface area contributed by atoms with Gasteiger partial charge in [-0.1, -0.05) is 74.4 Å². The number of rotatable bonds is 8. The summed E-state index contributed by atoms with van der Waals surface area (Å²) in [5, 5.41) is 12.9. The number of hydroxylamine groups is 2. The Morgan fingerprint density at radius 1 is 1.02 bits per heavy atom. The molecule has 0 aliphatic carbocycles. The Labute approximate surface area is 240 Å². The predicted octanol–water partition coefficient (Wildman–Crippen LogP) is 5.00. The number of piperazine rings is 1. The standard InChI is InChI=1S/C32H37N3O6/c1-4-5-13-28-31(38)34-27(18-22-14-16-25(36)17-15-22)30(37)33(21(2)3)19-29(34)35(41-28)32(39)40-20-24-11-8-10-23-9-6-7-12-26(23)24/h6-12,14-17,21,27-29,36H,4-5,13,18-20H2,1-3H3/t27-,28-,29-/m0/s1. The molecule has 0 saturated carbocycles. The van der Waals surface area contributed by atoms with Crippen molar-refractivity contribution in [3.8, 4) is 5.75 Å². The van der Waals surface area contributed by atoms with Gasteiger partial charge in [0.25, 0.3) is 5.91 Å². The van der Waals surface area contributed by atoms with Crippen molar-refractivity contribution >= 4 is 28.7 Å². The van der Waals surface area contributed by atoms with Gasteiger partial charge in [-0.05, 0) is 54.3 Å². The average Bonchev–Trinajstić information content (AvgIpc) is 2.97. The smallest absolute Gasteiger partial charge is 0.436 e. The van der Waals surface area contributed by atoms with Gasteiger partial charge in [0.05, 0.1) is 6.54 Å². The van der Waals surface area contributed by atoms with Crippen molar-refractivity contribution in [1.82, 2.24) is 14.9 Å². The number of aromatic hydroxyl groups is 1. The summed E-state index contributed by atoms with van der Waals surface area (Å²) in [6.45, 7) is 5.97. The molecule has 0 radical (unpaired) electrons. The second-order valence-corrected chi connectivity index (χ2v) is 11.0. The molecule has 5 rings (SSSR count). The van der Waals surface area contributed by atoms with Crippen LogP contribution in [0.4, 0.5) is 4.79 Å². The number of phenols is 1. The monoisotopic (exact) mass is 559 g/mol. The molecule has 2 heterocycles. The van der Waals surface area contributed by atoms with Gasteiger partial charge >= 0.3 is 6.09 Å². The Kier molecular flexibility index (Phi) is 8.44. The minimum absolute atomic E-state index is 0.0318. The third-order valence-corrected chi connectivity index (χ3v) is 7.85. The van der Waals surface area contributed by atoms with Crippen LogP contribution in [0.15, 0.2) is 66.7 Å². The highest BCUT2D eigenvalue weighted by Gasteiger charge is 2.53. The molecule has 2 aliphatic rings. The molecule has 3 aromatic carbocycles. The van der Waals surface area contributed by atoms with Gasteiger partial charge < -0.3 is 19.6 Å². The van der Waals surface area contributed by atoms with E-state index in [1.54, 1.807) is 29.2 Å². The Balaban J connectivity index is 1.46. The number of ether oxygens (including phenoxy) is 1. The average molecular weight is 560 g/mol. The molecule has 0 unspecified atom stereocenters. The maximum absolute atomic E-state index is 13.8. The predicted molar refractivity (Wildman–Crippen MR) is 153 cm³/mol. The number of amides is 3. The fraction of sp³-hybridized carbons (Fsp3) is 0.406. The summed E-state index contributed by atoms with van der Waals surface area (Å²) in [5.41, 5.74) is 1.65. The van der Waals surface area contributed by atoms with E-state index in [1.165, 1.54) is 9.96 Å². The second-order valence-electron chi connectivity index (χ2n) is 11.0. The van der Waals surface area contributed by atoms with Crippen LogP contribution < -0.4 is 0 Å². The molecule has 3 atom stereocenters. The van der Waals surface area contributed by atoms with Gasteiger partial charge in [-0.15, -0.1) is 0 Å². The van der Waals surface area contributed by atoms with E-state index in [0.29, 0.717) is 6.42 Å². The van der Waals surface area contributed by atoms with Gasteiger partial charge in [0.15, 0.2) is 12.3 Å². The molecule has 3 amide bonds. The van der Waals surface area contributed by atoms with Gasteiger partial charge in [-0.25, -0.2) is 4.79 Å². The lowest BCUT2D eigenvalue weighted by molar-refractivity contribution is -0.268. The largest absolute Gasteiger partial charge is 0.508 e. The summed E-state index contributed by atoms with van der Waals surface area (Å²) < 4.78 is 5.79. The molecule has 2 saturated heterocycles. The summed E-state index contributed by atoms with van der Waals surface area (Å²) in [6, 6.07) is 19.3. The fourth-order valence-corrected chi connectivity index (χ4v) is 5.64. The molecule has 216 valence electrons. The minimum Gasteiger partial charge on any atom is -0.508 e. The fourth-order valence-electron chi connectivity index (χ4n) is 5.64. The van der Waals surface area contributed by atoms with E-state index < -0.39 is 24.4 Å². The molecule has 41 heavy (non-hydrogen) atoms. The SMILES string of the molecule is CCCC[C@@H]1ON(C(=O)OCc2cccc3ccccc23)[C@H]2CN(C(C)C)C(=O)[C@H](Cc3ccc(O)cc3)N2C1=O. The van der Waals surface area contributed by atoms with E-state index in [0.717, 1.165) is 34.7 Å². The number of carbonyl (C=O) groups excluding carboxylic acids is 3. The van der Waals surface area contributed by atoms with E-state index in [4.69, 9.17) is 9.57 Å². The van der Waals surface area contributed by atoms with Crippen LogP contribution in [-0.4, -0.2) is 68.8 Å². The Hall–Kier alpha value is -4.11. The Bertz CT molecular complexity index is 1400. The van der Waals surface area contributed by atoms with Crippen molar-refractivity contribution < 1.29 is 29.1 Å². The third-order valence-electron chi connectivity index (χ3n) is 7.85. The molecule has 9 heteroatoms. The zero-order chi connectivity index (χ0) is 29.1. The lowest BCUT2D eigenvalue weighted by atomic mass is 9.97. The summed E-state index contributed by atoms with van der Waals surface area (Å²) in [7, 11) is 0. The van der Waals surface area contributed by atoms with E-state index in [1.807, 2.05) is 63.2 Å². The molecule has 2 aliphatic heterocycles. The maximum atomic E-state index is 13.8. The minimum atomic E-state index is -0.906. The molecular weight excluding hydrogens is 522 g/mol. The van der Waals surface area contributed by atoms with Crippen molar-refractivity contribution in [2.24, 2.45) is 0 Å². The number of nitrogens with zero attached hydrogens (tertiary/aromatic N) is 3. The number of benzene rings is 3. The quantitative estimate of drug-likeness (QED) is 0.417. The van der Waals surface area contributed by atoms with Crippen LogP contribution in [0.3, 0.4) is 0 Å². The molecule has 2 fully saturated rings. The Morgan fingerprint density at radius 3 is 2.49 bits per heavy atom. The van der Waals surface area contributed by atoms with E-state index in [9.17, 15) is 19.5 Å². The zero-order valence-electron chi connectivity index (χ0n) is 23.7. The van der Waals surface area contributed by atoms with Crippen LogP contribution in [0.2, 0.25) is 0 Å². The van der Waals surface area contributed by atoms with Crippen molar-refractivity contribution in [3.05, 3.63) is 77.9 Å². The first kappa shape index (κ1) is 28.4. The Morgan fingerprint density at radius 2 is 1.76 bits per heavy atom. The van der Waals surface area contributed by atoms with Gasteiger partial charge in [0.2, 0.25) is 5.91 Å². The van der Waals surface area contributed by atoms with Gasteiger partial charge in [-0.3, -0.25) is 14.4 Å². The normalized spacial score (nSPS) is 21.0. The molecular formula is C32H37N3O6. The number of hydrogen-bond donors (Lipinski definition) is 1. The summed E-state index contributed by atoms with van der Waals surface area (Å²) in [4.78, 5) is 50.6. The first-order valence-electron chi connectivity index (χ1n) is 14.3. The number of carbonyl (C=O) groups is 3. The van der Waals surface area contributed by atoms with Crippen LogP contribution in [0.25, 0.3) is 10.8 Å². The molecule has 0 spiro atoms. The van der Waals surface area contributed by atoms with Crippen LogP contribution >= 0.6 is 0 Å². The highest BCUT2D eigenvalue weighted by Crippen LogP contribution is 2.32. The molecule has 0 aromatic heterocycles. The highest BCUT2D eigenvalue weighted by atomic mass is 16.7. The van der Waals surface area contributed by atoms with Crippen LogP contribution in [0.5, 0.6) is 5.75 Å². The zero-order valence-corrected chi connectivity index (χ0v) is 23.7. The van der Waals surface area contributed by atoms with Gasteiger partial charge in [0, 0.05) is 12.5 Å². The topological polar surface area (TPSA) is 99.6 Å². The summed E-state index contributed by atoms with van der Waals surface area (Å²) in [5.74, 6) is -0.368. The van der Waals surface area contributed by atoms with Crippen molar-refractivity contribution in [1.29, 1.82) is 0 Å². The maximum Gasteiger partial charge on any atom is 0.436 e. The van der Waals surface area contributed by atoms with Crippen molar-refractivity contribution in [2.75, 3.05) is 6.54 Å². The lowest BCUT2D eigenvalue weighted by Crippen LogP contribution is -2.74. The molecule has 3 aromatic rings. The number of unbranched alkanes of at least 4 members (excludes halogenated alkanes) is 1. The van der Waals surface area contributed by atoms with E-state index >= 15 is 0 Å². The molecule has 9 nitrogen and oxygen atoms in total. The number of phenolic OH excluding ortho intramolecular Hbond substituents is 1. The molecule has 1 N–H and O–H groups in total. The second kappa shape index (κ2) is 12.2. The van der Waals surface area contributed by atoms with Gasteiger partial charge in [0.1, 0.15) is 18.4 Å². The van der Waals surface area contributed by atoms with Gasteiger partial charge in [-0.2, -0.15) is 5.06 Å². The highest BCUT2D eigenvalue weighted by molar-refractivity contribution is 5.92. The van der Waals surface area contributed by atoms with Crippen LogP contribution in [0, 0.1) is 0 Å². The van der Waals surface area contributed by atoms with Crippen molar-refractivity contribution in [3.63, 3.8) is 0 Å². The van der Waals surface area contributed by atoms with Crippen LogP contribution in [-0.2, 0) is 32.2 Å². The first-order chi connectivity index (χ1) is 19.8. The summed E-state index contributed by atoms with van der Waals surface area (Å²) in [6.07, 6.45) is -0.228. The number of fused-ring (bicyclic) bond motifs is 2.